The van der Waals surface area contributed by atoms with E-state index in [2.05, 4.69) is 20.4 Å². The maximum Gasteiger partial charge on any atom is 0.271 e. The Bertz CT molecular complexity index is 678. The molecular formula is C18H22N4O2. The molecule has 0 aliphatic carbocycles. The van der Waals surface area contributed by atoms with Crippen LogP contribution in [-0.2, 0) is 6.54 Å². The highest BCUT2D eigenvalue weighted by atomic mass is 16.3. The molecule has 1 aromatic carbocycles. The smallest absolute Gasteiger partial charge is 0.271 e. The van der Waals surface area contributed by atoms with Gasteiger partial charge < -0.3 is 10.4 Å². The molecule has 1 atom stereocenters. The Kier molecular flexibility index (Phi) is 5.38. The van der Waals surface area contributed by atoms with Crippen molar-refractivity contribution >= 4 is 5.91 Å². The molecule has 1 aromatic heterocycles. The number of likely N-dealkylation sites (tertiary alicyclic amines) is 1. The second kappa shape index (κ2) is 7.88. The van der Waals surface area contributed by atoms with Gasteiger partial charge in [-0.15, -0.1) is 5.10 Å². The molecule has 2 aromatic rings. The van der Waals surface area contributed by atoms with E-state index in [1.165, 1.54) is 0 Å². The van der Waals surface area contributed by atoms with Crippen LogP contribution in [-0.4, -0.2) is 45.7 Å². The summed E-state index contributed by atoms with van der Waals surface area (Å²) in [5.74, 6) is 0.558. The molecule has 1 saturated heterocycles. The Hall–Kier alpha value is -2.47. The van der Waals surface area contributed by atoms with Gasteiger partial charge in [-0.05, 0) is 55.1 Å². The van der Waals surface area contributed by atoms with Crippen LogP contribution in [0.3, 0.4) is 0 Å². The molecule has 2 N–H and O–H groups in total. The fourth-order valence-electron chi connectivity index (χ4n) is 3.12. The number of nitrogens with zero attached hydrogens (tertiary/aromatic N) is 3. The maximum absolute atomic E-state index is 12.0. The van der Waals surface area contributed by atoms with Gasteiger partial charge in [-0.25, -0.2) is 0 Å². The van der Waals surface area contributed by atoms with Crippen LogP contribution in [0.25, 0.3) is 0 Å². The molecule has 126 valence electrons. The summed E-state index contributed by atoms with van der Waals surface area (Å²) >= 11 is 0. The first-order chi connectivity index (χ1) is 11.7. The highest BCUT2D eigenvalue weighted by molar-refractivity contribution is 5.91. The number of hydrogen-bond donors (Lipinski definition) is 2. The van der Waals surface area contributed by atoms with E-state index in [9.17, 15) is 9.90 Å². The number of aromatic nitrogens is 2. The predicted molar refractivity (Wildman–Crippen MR) is 90.5 cm³/mol. The van der Waals surface area contributed by atoms with Crippen molar-refractivity contribution in [3.05, 3.63) is 53.9 Å². The SMILES string of the molecule is O=C(NC[C@H]1CCCN(Cc2cccc(O)c2)C1)c1cccnn1. The summed E-state index contributed by atoms with van der Waals surface area (Å²) < 4.78 is 0. The second-order valence-electron chi connectivity index (χ2n) is 6.23. The monoisotopic (exact) mass is 326 g/mol. The minimum atomic E-state index is -0.173. The highest BCUT2D eigenvalue weighted by Gasteiger charge is 2.21. The van der Waals surface area contributed by atoms with E-state index in [1.807, 2.05) is 12.1 Å². The first-order valence-electron chi connectivity index (χ1n) is 8.27. The topological polar surface area (TPSA) is 78.4 Å². The molecule has 3 rings (SSSR count). The third kappa shape index (κ3) is 4.52. The first-order valence-corrected chi connectivity index (χ1v) is 8.27. The van der Waals surface area contributed by atoms with Crippen LogP contribution >= 0.6 is 0 Å². The molecule has 6 nitrogen and oxygen atoms in total. The number of hydrogen-bond acceptors (Lipinski definition) is 5. The van der Waals surface area contributed by atoms with Gasteiger partial charge in [0.25, 0.3) is 5.91 Å². The van der Waals surface area contributed by atoms with Crippen LogP contribution in [0.4, 0.5) is 0 Å². The van der Waals surface area contributed by atoms with Gasteiger partial charge in [0.2, 0.25) is 0 Å². The quantitative estimate of drug-likeness (QED) is 0.876. The Morgan fingerprint density at radius 3 is 3.04 bits per heavy atom. The molecule has 0 unspecified atom stereocenters. The minimum Gasteiger partial charge on any atom is -0.508 e. The maximum atomic E-state index is 12.0. The molecule has 1 amide bonds. The molecule has 6 heteroatoms. The van der Waals surface area contributed by atoms with Crippen molar-refractivity contribution in [2.75, 3.05) is 19.6 Å². The fraction of sp³-hybridized carbons (Fsp3) is 0.389. The molecule has 0 bridgehead atoms. The Morgan fingerprint density at radius 1 is 1.33 bits per heavy atom. The van der Waals surface area contributed by atoms with Crippen LogP contribution in [0, 0.1) is 5.92 Å². The van der Waals surface area contributed by atoms with Crippen molar-refractivity contribution in [3.63, 3.8) is 0 Å². The van der Waals surface area contributed by atoms with E-state index in [1.54, 1.807) is 30.5 Å². The van der Waals surface area contributed by atoms with E-state index in [4.69, 9.17) is 0 Å². The summed E-state index contributed by atoms with van der Waals surface area (Å²) in [5.41, 5.74) is 1.46. The van der Waals surface area contributed by atoms with Gasteiger partial charge in [0.15, 0.2) is 5.69 Å². The molecular weight excluding hydrogens is 304 g/mol. The molecule has 0 spiro atoms. The third-order valence-electron chi connectivity index (χ3n) is 4.28. The van der Waals surface area contributed by atoms with Gasteiger partial charge >= 0.3 is 0 Å². The van der Waals surface area contributed by atoms with E-state index in [-0.39, 0.29) is 5.91 Å². The number of phenols is 1. The number of phenolic OH excluding ortho intramolecular Hbond substituents is 1. The lowest BCUT2D eigenvalue weighted by Gasteiger charge is -2.32. The van der Waals surface area contributed by atoms with Crippen molar-refractivity contribution in [1.82, 2.24) is 20.4 Å². The fourth-order valence-corrected chi connectivity index (χ4v) is 3.12. The summed E-state index contributed by atoms with van der Waals surface area (Å²) in [6, 6.07) is 10.8. The zero-order valence-corrected chi connectivity index (χ0v) is 13.6. The zero-order chi connectivity index (χ0) is 16.8. The van der Waals surface area contributed by atoms with Gasteiger partial charge in [0.05, 0.1) is 0 Å². The number of aromatic hydroxyl groups is 1. The average molecular weight is 326 g/mol. The molecule has 1 fully saturated rings. The van der Waals surface area contributed by atoms with Gasteiger partial charge in [0, 0.05) is 25.8 Å². The summed E-state index contributed by atoms with van der Waals surface area (Å²) in [7, 11) is 0. The van der Waals surface area contributed by atoms with Crippen molar-refractivity contribution in [2.45, 2.75) is 19.4 Å². The molecule has 24 heavy (non-hydrogen) atoms. The lowest BCUT2D eigenvalue weighted by Crippen LogP contribution is -2.40. The Morgan fingerprint density at radius 2 is 2.25 bits per heavy atom. The number of carbonyl (C=O) groups is 1. The number of carbonyl (C=O) groups excluding carboxylic acids is 1. The number of amides is 1. The summed E-state index contributed by atoms with van der Waals surface area (Å²) in [4.78, 5) is 14.4. The second-order valence-corrected chi connectivity index (χ2v) is 6.23. The number of benzene rings is 1. The van der Waals surface area contributed by atoms with Crippen molar-refractivity contribution in [3.8, 4) is 5.75 Å². The first kappa shape index (κ1) is 16.4. The van der Waals surface area contributed by atoms with E-state index < -0.39 is 0 Å². The Balaban J connectivity index is 1.49. The predicted octanol–water partition coefficient (Wildman–Crippen LogP) is 1.82. The molecule has 1 aliphatic rings. The highest BCUT2D eigenvalue weighted by Crippen LogP contribution is 2.19. The minimum absolute atomic E-state index is 0.173. The van der Waals surface area contributed by atoms with Gasteiger partial charge in [0.1, 0.15) is 5.75 Å². The number of piperidine rings is 1. The van der Waals surface area contributed by atoms with E-state index in [0.717, 1.165) is 38.0 Å². The standard InChI is InChI=1S/C18H22N4O2/c23-16-6-1-4-14(10-16)12-22-9-3-5-15(13-22)11-19-18(24)17-7-2-8-20-21-17/h1-2,4,6-8,10,15,23H,3,5,9,11-13H2,(H,19,24)/t15-/m1/s1. The lowest BCUT2D eigenvalue weighted by atomic mass is 9.97. The van der Waals surface area contributed by atoms with Crippen LogP contribution in [0.15, 0.2) is 42.6 Å². The largest absolute Gasteiger partial charge is 0.508 e. The molecule has 0 radical (unpaired) electrons. The zero-order valence-electron chi connectivity index (χ0n) is 13.6. The Labute approximate surface area is 141 Å². The van der Waals surface area contributed by atoms with Gasteiger partial charge in [-0.1, -0.05) is 12.1 Å². The van der Waals surface area contributed by atoms with Crippen LogP contribution in [0.2, 0.25) is 0 Å². The molecule has 2 heterocycles. The van der Waals surface area contributed by atoms with Crippen LogP contribution in [0.5, 0.6) is 5.75 Å². The van der Waals surface area contributed by atoms with Crippen molar-refractivity contribution in [2.24, 2.45) is 5.92 Å². The van der Waals surface area contributed by atoms with Crippen molar-refractivity contribution in [1.29, 1.82) is 0 Å². The third-order valence-corrected chi connectivity index (χ3v) is 4.28. The van der Waals surface area contributed by atoms with E-state index in [0.29, 0.717) is 23.9 Å². The van der Waals surface area contributed by atoms with Crippen LogP contribution in [0.1, 0.15) is 28.9 Å². The summed E-state index contributed by atoms with van der Waals surface area (Å²) in [6.45, 7) is 3.45. The lowest BCUT2D eigenvalue weighted by molar-refractivity contribution is 0.0924. The number of rotatable bonds is 5. The van der Waals surface area contributed by atoms with Crippen LogP contribution < -0.4 is 5.32 Å². The molecule has 0 saturated carbocycles. The average Bonchev–Trinajstić information content (AvgIpc) is 2.61. The number of nitrogens with one attached hydrogen (secondary N) is 1. The summed E-state index contributed by atoms with van der Waals surface area (Å²) in [6.07, 6.45) is 3.78. The van der Waals surface area contributed by atoms with E-state index >= 15 is 0 Å². The van der Waals surface area contributed by atoms with Crippen molar-refractivity contribution < 1.29 is 9.90 Å². The van der Waals surface area contributed by atoms with Gasteiger partial charge in [-0.2, -0.15) is 5.10 Å². The molecule has 1 aliphatic heterocycles. The van der Waals surface area contributed by atoms with Gasteiger partial charge in [-0.3, -0.25) is 9.69 Å². The summed E-state index contributed by atoms with van der Waals surface area (Å²) in [5, 5.41) is 20.1. The normalized spacial score (nSPS) is 18.2.